The number of hydrogen-bond acceptors (Lipinski definition) is 5. The zero-order valence-corrected chi connectivity index (χ0v) is 13.6. The number of carbonyl (C=O) groups is 2. The topological polar surface area (TPSA) is 76.0 Å². The van der Waals surface area contributed by atoms with Crippen LogP contribution < -0.4 is 0 Å². The Morgan fingerprint density at radius 3 is 2.67 bits per heavy atom. The van der Waals surface area contributed by atoms with E-state index in [-0.39, 0.29) is 11.5 Å². The zero-order chi connectivity index (χ0) is 17.4. The number of aliphatic imine (C=N–C) groups is 1. The van der Waals surface area contributed by atoms with Crippen molar-refractivity contribution in [2.75, 3.05) is 7.11 Å². The Hall–Kier alpha value is -2.69. The van der Waals surface area contributed by atoms with Gasteiger partial charge in [0.05, 0.1) is 12.8 Å². The highest BCUT2D eigenvalue weighted by molar-refractivity contribution is 6.16. The summed E-state index contributed by atoms with van der Waals surface area (Å²) in [6.07, 6.45) is 11.8. The Bertz CT molecular complexity index is 658. The van der Waals surface area contributed by atoms with E-state index in [1.165, 1.54) is 31.5 Å². The van der Waals surface area contributed by atoms with Crippen LogP contribution in [-0.2, 0) is 14.3 Å². The second-order valence-corrected chi connectivity index (χ2v) is 5.60. The number of hydrogen-bond donors (Lipinski definition) is 1. The van der Waals surface area contributed by atoms with Gasteiger partial charge in [0, 0.05) is 6.21 Å². The first-order chi connectivity index (χ1) is 11.6. The Kier molecular flexibility index (Phi) is 6.49. The quantitative estimate of drug-likeness (QED) is 0.286. The lowest BCUT2D eigenvalue weighted by molar-refractivity contribution is -0.145. The van der Waals surface area contributed by atoms with Crippen LogP contribution in [0.2, 0.25) is 0 Å². The fourth-order valence-corrected chi connectivity index (χ4v) is 2.40. The molecule has 0 saturated carbocycles. The summed E-state index contributed by atoms with van der Waals surface area (Å²) in [5.41, 5.74) is 0.538. The second-order valence-electron chi connectivity index (χ2n) is 5.60. The van der Waals surface area contributed by atoms with Crippen molar-refractivity contribution in [1.82, 2.24) is 0 Å². The van der Waals surface area contributed by atoms with Crippen molar-refractivity contribution in [3.05, 3.63) is 48.6 Å². The Labute approximate surface area is 141 Å². The number of carbonyl (C=O) groups excluding carboxylic acids is 2. The number of nitrogens with zero attached hydrogens (tertiary/aromatic N) is 1. The minimum atomic E-state index is -1.07. The molecule has 1 aromatic carbocycles. The van der Waals surface area contributed by atoms with Crippen LogP contribution in [-0.4, -0.2) is 30.2 Å². The Morgan fingerprint density at radius 2 is 2.04 bits per heavy atom. The molecule has 2 unspecified atom stereocenters. The average molecular weight is 327 g/mol. The van der Waals surface area contributed by atoms with Gasteiger partial charge in [0.2, 0.25) is 0 Å². The molecular weight excluding hydrogens is 306 g/mol. The minimum absolute atomic E-state index is 0.124. The monoisotopic (exact) mass is 327 g/mol. The summed E-state index contributed by atoms with van der Waals surface area (Å²) in [5.74, 6) is -1.61. The summed E-state index contributed by atoms with van der Waals surface area (Å²) in [6.45, 7) is 0. The van der Waals surface area contributed by atoms with Crippen molar-refractivity contribution in [2.24, 2.45) is 16.8 Å². The normalized spacial score (nSPS) is 18.8. The fourth-order valence-electron chi connectivity index (χ4n) is 2.40. The third-order valence-corrected chi connectivity index (χ3v) is 3.83. The lowest BCUT2D eigenvalue weighted by atomic mass is 9.93. The molecule has 1 aliphatic rings. The highest BCUT2D eigenvalue weighted by atomic mass is 16.5. The fraction of sp³-hybridized carbons (Fsp3) is 0.316. The first kappa shape index (κ1) is 17.7. The number of phenolic OH excluding ortho intramolecular Hbond substituents is 1. The van der Waals surface area contributed by atoms with E-state index in [0.717, 1.165) is 19.3 Å². The number of esters is 1. The summed E-state index contributed by atoms with van der Waals surface area (Å²) in [5, 5.41) is 9.25. The minimum Gasteiger partial charge on any atom is -0.508 e. The molecule has 0 bridgehead atoms. The van der Waals surface area contributed by atoms with Crippen LogP contribution in [0.5, 0.6) is 5.75 Å². The standard InChI is InChI=1S/C19H21NO4/c1-24-19(23)17(13-20-15-8-10-16(21)11-9-15)18(22)12-7-14-5-3-2-4-6-14/h2-3,7-14,17,21H,4-6H2,1H3. The molecule has 2 atom stereocenters. The van der Waals surface area contributed by atoms with Crippen LogP contribution in [0.4, 0.5) is 5.69 Å². The third kappa shape index (κ3) is 5.19. The second kappa shape index (κ2) is 8.82. The molecule has 1 aromatic rings. The number of ether oxygens (including phenoxy) is 1. The van der Waals surface area contributed by atoms with E-state index < -0.39 is 11.9 Å². The van der Waals surface area contributed by atoms with Gasteiger partial charge in [0.25, 0.3) is 0 Å². The highest BCUT2D eigenvalue weighted by Gasteiger charge is 2.24. The molecule has 0 spiro atoms. The summed E-state index contributed by atoms with van der Waals surface area (Å²) in [7, 11) is 1.24. The number of methoxy groups -OCH3 is 1. The summed E-state index contributed by atoms with van der Waals surface area (Å²) in [4.78, 5) is 28.3. The molecule has 1 aliphatic carbocycles. The summed E-state index contributed by atoms with van der Waals surface area (Å²) in [6, 6.07) is 6.15. The molecule has 1 N–H and O–H groups in total. The van der Waals surface area contributed by atoms with Gasteiger partial charge in [0.1, 0.15) is 5.75 Å². The lowest BCUT2D eigenvalue weighted by Gasteiger charge is -2.13. The van der Waals surface area contributed by atoms with Crippen LogP contribution in [0.15, 0.2) is 53.6 Å². The molecule has 0 fully saturated rings. The maximum absolute atomic E-state index is 12.3. The smallest absolute Gasteiger partial charge is 0.322 e. The molecule has 5 heteroatoms. The van der Waals surface area contributed by atoms with E-state index in [4.69, 9.17) is 4.74 Å². The van der Waals surface area contributed by atoms with E-state index >= 15 is 0 Å². The van der Waals surface area contributed by atoms with Gasteiger partial charge in [-0.05, 0) is 55.5 Å². The molecule has 126 valence electrons. The van der Waals surface area contributed by atoms with E-state index in [1.807, 2.05) is 6.08 Å². The van der Waals surface area contributed by atoms with Crippen molar-refractivity contribution in [3.8, 4) is 5.75 Å². The van der Waals surface area contributed by atoms with Gasteiger partial charge < -0.3 is 9.84 Å². The average Bonchev–Trinajstić information content (AvgIpc) is 2.62. The highest BCUT2D eigenvalue weighted by Crippen LogP contribution is 2.20. The Morgan fingerprint density at radius 1 is 1.29 bits per heavy atom. The maximum atomic E-state index is 12.3. The van der Waals surface area contributed by atoms with Crippen molar-refractivity contribution >= 4 is 23.7 Å². The van der Waals surface area contributed by atoms with E-state index in [1.54, 1.807) is 12.1 Å². The van der Waals surface area contributed by atoms with Gasteiger partial charge in [0.15, 0.2) is 11.7 Å². The molecule has 0 aliphatic heterocycles. The Balaban J connectivity index is 2.07. The van der Waals surface area contributed by atoms with Gasteiger partial charge in [-0.3, -0.25) is 14.6 Å². The SMILES string of the molecule is COC(=O)C(C=Nc1ccc(O)cc1)C(=O)C=CC1CC=CCC1. The first-order valence-corrected chi connectivity index (χ1v) is 7.88. The van der Waals surface area contributed by atoms with Gasteiger partial charge in [-0.15, -0.1) is 0 Å². The largest absolute Gasteiger partial charge is 0.508 e. The summed E-state index contributed by atoms with van der Waals surface area (Å²) >= 11 is 0. The van der Waals surface area contributed by atoms with E-state index in [0.29, 0.717) is 11.6 Å². The van der Waals surface area contributed by atoms with Crippen molar-refractivity contribution < 1.29 is 19.4 Å². The number of aromatic hydroxyl groups is 1. The van der Waals surface area contributed by atoms with Crippen LogP contribution in [0.25, 0.3) is 0 Å². The van der Waals surface area contributed by atoms with Crippen molar-refractivity contribution in [3.63, 3.8) is 0 Å². The number of ketones is 1. The molecular formula is C19H21NO4. The zero-order valence-electron chi connectivity index (χ0n) is 13.6. The van der Waals surface area contributed by atoms with Crippen LogP contribution >= 0.6 is 0 Å². The predicted octanol–water partition coefficient (Wildman–Crippen LogP) is 3.37. The van der Waals surface area contributed by atoms with E-state index in [9.17, 15) is 14.7 Å². The van der Waals surface area contributed by atoms with E-state index in [2.05, 4.69) is 17.1 Å². The lowest BCUT2D eigenvalue weighted by Crippen LogP contribution is -2.25. The number of allylic oxidation sites excluding steroid dienone is 4. The molecule has 24 heavy (non-hydrogen) atoms. The molecule has 5 nitrogen and oxygen atoms in total. The number of benzene rings is 1. The third-order valence-electron chi connectivity index (χ3n) is 3.83. The summed E-state index contributed by atoms with van der Waals surface area (Å²) < 4.78 is 4.70. The molecule has 0 radical (unpaired) electrons. The van der Waals surface area contributed by atoms with Crippen LogP contribution in [0.1, 0.15) is 19.3 Å². The molecule has 0 saturated heterocycles. The van der Waals surface area contributed by atoms with Crippen molar-refractivity contribution in [2.45, 2.75) is 19.3 Å². The number of rotatable bonds is 6. The van der Waals surface area contributed by atoms with Gasteiger partial charge in [-0.1, -0.05) is 18.2 Å². The predicted molar refractivity (Wildman–Crippen MR) is 92.4 cm³/mol. The van der Waals surface area contributed by atoms with Gasteiger partial charge in [-0.25, -0.2) is 0 Å². The van der Waals surface area contributed by atoms with Crippen LogP contribution in [0, 0.1) is 11.8 Å². The maximum Gasteiger partial charge on any atom is 0.322 e. The number of phenols is 1. The van der Waals surface area contributed by atoms with Gasteiger partial charge >= 0.3 is 5.97 Å². The molecule has 2 rings (SSSR count). The van der Waals surface area contributed by atoms with Crippen molar-refractivity contribution in [1.29, 1.82) is 0 Å². The van der Waals surface area contributed by atoms with Crippen LogP contribution in [0.3, 0.4) is 0 Å². The van der Waals surface area contributed by atoms with Gasteiger partial charge in [-0.2, -0.15) is 0 Å². The molecule has 0 heterocycles. The molecule has 0 amide bonds. The first-order valence-electron chi connectivity index (χ1n) is 7.88. The molecule has 0 aromatic heterocycles.